The largest absolute Gasteiger partial charge is 0.448 e. The highest BCUT2D eigenvalue weighted by Gasteiger charge is 3.04. The third-order valence-corrected chi connectivity index (χ3v) is 14.8. The van der Waals surface area contributed by atoms with Crippen molar-refractivity contribution in [1.82, 2.24) is 0 Å². The molecular weight excluding hydrogens is 1040 g/mol. The van der Waals surface area contributed by atoms with Crippen LogP contribution in [0.2, 0.25) is 0 Å². The molecule has 416 valence electrons. The number of aryl methyl sites for hydroxylation is 1. The molecule has 0 N–H and O–H groups in total. The van der Waals surface area contributed by atoms with Crippen molar-refractivity contribution < 1.29 is 98.0 Å². The Kier molecular flexibility index (Phi) is 15.5. The zero-order valence-corrected chi connectivity index (χ0v) is 41.4. The molecule has 6 unspecified atom stereocenters. The van der Waals surface area contributed by atoms with Crippen LogP contribution in [0.15, 0.2) is 97.1 Å². The summed E-state index contributed by atoms with van der Waals surface area (Å²) in [6.45, 7) is 9.31. The Morgan fingerprint density at radius 2 is 0.853 bits per heavy atom. The molecule has 0 amide bonds. The van der Waals surface area contributed by atoms with Gasteiger partial charge < -0.3 is 18.9 Å². The molecule has 22 heteroatoms. The Bertz CT molecular complexity index is 2590. The van der Waals surface area contributed by atoms with E-state index in [1.165, 1.54) is 26.0 Å². The van der Waals surface area contributed by atoms with Crippen LogP contribution in [0.3, 0.4) is 0 Å². The Hall–Kier alpha value is -4.86. The lowest BCUT2D eigenvalue weighted by molar-refractivity contribution is -0.555. The highest BCUT2D eigenvalue weighted by atomic mass is 19.4. The molecule has 0 saturated heterocycles. The van der Waals surface area contributed by atoms with Crippen molar-refractivity contribution in [3.05, 3.63) is 119 Å². The van der Waals surface area contributed by atoms with Crippen molar-refractivity contribution >= 4 is 0 Å². The van der Waals surface area contributed by atoms with Crippen LogP contribution in [0.1, 0.15) is 116 Å². The second-order valence-electron chi connectivity index (χ2n) is 19.5. The van der Waals surface area contributed by atoms with Gasteiger partial charge in [-0.25, -0.2) is 0 Å². The first-order valence-electron chi connectivity index (χ1n) is 24.0. The Labute approximate surface area is 421 Å². The smallest absolute Gasteiger partial charge is 0.411 e. The lowest BCUT2D eigenvalue weighted by Gasteiger charge is -2.60. The summed E-state index contributed by atoms with van der Waals surface area (Å²) in [6.07, 6.45) is -13.7. The molecule has 0 spiro atoms. The van der Waals surface area contributed by atoms with Gasteiger partial charge in [-0.2, -0.15) is 79.0 Å². The topological polar surface area (TPSA) is 36.9 Å². The quantitative estimate of drug-likeness (QED) is 0.0779. The average Bonchev–Trinajstić information content (AvgIpc) is 3.33. The summed E-state index contributed by atoms with van der Waals surface area (Å²) in [5, 5.41) is 0. The maximum atomic E-state index is 17.1. The van der Waals surface area contributed by atoms with Gasteiger partial charge in [-0.1, -0.05) is 133 Å². The average molecular weight is 1100 g/mol. The van der Waals surface area contributed by atoms with E-state index in [1.54, 1.807) is 19.1 Å². The second-order valence-corrected chi connectivity index (χ2v) is 19.5. The zero-order chi connectivity index (χ0) is 56.5. The monoisotopic (exact) mass is 1100 g/mol. The van der Waals surface area contributed by atoms with Gasteiger partial charge >= 0.3 is 59.5 Å². The third-order valence-electron chi connectivity index (χ3n) is 14.8. The molecular formula is C53H54F18O4. The summed E-state index contributed by atoms with van der Waals surface area (Å²) in [6, 6.07) is 13.5. The van der Waals surface area contributed by atoms with E-state index in [4.69, 9.17) is 9.47 Å². The van der Waals surface area contributed by atoms with Gasteiger partial charge in [0.2, 0.25) is 5.41 Å². The van der Waals surface area contributed by atoms with Crippen LogP contribution in [0.4, 0.5) is 79.0 Å². The first-order valence-corrected chi connectivity index (χ1v) is 24.0. The van der Waals surface area contributed by atoms with E-state index in [0.29, 0.717) is 23.3 Å². The van der Waals surface area contributed by atoms with Gasteiger partial charge in [0.25, 0.3) is 0 Å². The van der Waals surface area contributed by atoms with Crippen molar-refractivity contribution in [1.29, 1.82) is 0 Å². The fraction of sp³-hybridized carbons (Fsp3) is 0.547. The number of unbranched alkanes of at least 4 members (excludes halogenated alkanes) is 1. The normalized spacial score (nSPS) is 27.0. The Balaban J connectivity index is 1.37. The van der Waals surface area contributed by atoms with Gasteiger partial charge in [0.15, 0.2) is 0 Å². The number of alkyl halides is 18. The SMILES string of the molecule is CCCCC(C)(O[C@]1(F)C(F)(F)C(F)(F)C1(F)Oc1ccc(-c2ccc(CCC)cc2)cc1)C(C)(CC)c1ccc(C(c2ccc(OC3(F)C(F)(F)C(F)(F)C3(F)OC(C)CCC)cc2)(C(F)(F)F)C(F)(F)F)cc1. The molecule has 0 bridgehead atoms. The van der Waals surface area contributed by atoms with Crippen LogP contribution in [0.25, 0.3) is 11.1 Å². The number of hydrogen-bond donors (Lipinski definition) is 0. The lowest BCUT2D eigenvalue weighted by atomic mass is 9.64. The summed E-state index contributed by atoms with van der Waals surface area (Å²) >= 11 is 0. The van der Waals surface area contributed by atoms with Gasteiger partial charge in [0, 0.05) is 5.41 Å². The molecule has 4 nitrogen and oxygen atoms in total. The second kappa shape index (κ2) is 19.6. The molecule has 0 aromatic heterocycles. The summed E-state index contributed by atoms with van der Waals surface area (Å²) < 4.78 is 296. The van der Waals surface area contributed by atoms with Gasteiger partial charge in [-0.15, -0.1) is 0 Å². The molecule has 7 atom stereocenters. The van der Waals surface area contributed by atoms with Crippen LogP contribution in [0.5, 0.6) is 11.5 Å². The minimum Gasteiger partial charge on any atom is -0.448 e. The van der Waals surface area contributed by atoms with Crippen molar-refractivity contribution in [2.24, 2.45) is 0 Å². The third kappa shape index (κ3) is 8.53. The molecule has 2 saturated carbocycles. The molecule has 2 fully saturated rings. The van der Waals surface area contributed by atoms with E-state index < -0.39 is 117 Å². The molecule has 2 aliphatic carbocycles. The van der Waals surface area contributed by atoms with E-state index in [2.05, 4.69) is 9.47 Å². The van der Waals surface area contributed by atoms with Crippen LogP contribution in [0, 0.1) is 0 Å². The van der Waals surface area contributed by atoms with Crippen LogP contribution in [-0.4, -0.2) is 71.2 Å². The molecule has 75 heavy (non-hydrogen) atoms. The van der Waals surface area contributed by atoms with Crippen LogP contribution >= 0.6 is 0 Å². The molecule has 2 aliphatic rings. The minimum atomic E-state index is -6.38. The van der Waals surface area contributed by atoms with Gasteiger partial charge in [-0.05, 0) is 97.2 Å². The standard InChI is InChI=1S/C53H54F18O4/c1-8-12-31-42(7,75-51(65)47(60,61)46(58,59)50(51,64)74-39-27-19-35(20-28-39)34-17-15-33(14-10-3)16-18-34)41(6,11-4)36-21-23-37(24-22-36)43(52(66,67)68,53(69,70)71)38-25-29-40(30-26-38)73-49(63)45(56,57)44(54,55)48(49,62)72-32(5)13-9-2/h15-30,32H,8-14,31H2,1-7H3/t32?,41?,42?,48?,49?,50?,51-/m1/s1. The van der Waals surface area contributed by atoms with Crippen molar-refractivity contribution in [2.45, 2.75) is 182 Å². The zero-order valence-electron chi connectivity index (χ0n) is 41.4. The molecule has 4 aromatic rings. The van der Waals surface area contributed by atoms with Gasteiger partial charge in [0.1, 0.15) is 11.5 Å². The maximum Gasteiger partial charge on any atom is 0.411 e. The van der Waals surface area contributed by atoms with E-state index in [1.807, 2.05) is 19.1 Å². The lowest BCUT2D eigenvalue weighted by Crippen LogP contribution is -2.89. The van der Waals surface area contributed by atoms with Gasteiger partial charge in [0.05, 0.1) is 11.7 Å². The predicted molar refractivity (Wildman–Crippen MR) is 240 cm³/mol. The van der Waals surface area contributed by atoms with E-state index >= 15 is 61.5 Å². The predicted octanol–water partition coefficient (Wildman–Crippen LogP) is 17.2. The summed E-state index contributed by atoms with van der Waals surface area (Å²) in [7, 11) is 0. The summed E-state index contributed by atoms with van der Waals surface area (Å²) in [5.74, 6) is -47.1. The Morgan fingerprint density at radius 3 is 1.27 bits per heavy atom. The van der Waals surface area contributed by atoms with Crippen molar-refractivity contribution in [3.8, 4) is 22.6 Å². The number of rotatable bonds is 21. The van der Waals surface area contributed by atoms with Crippen molar-refractivity contribution in [3.63, 3.8) is 0 Å². The summed E-state index contributed by atoms with van der Waals surface area (Å²) in [4.78, 5) is 0. The number of benzene rings is 4. The maximum absolute atomic E-state index is 17.1. The summed E-state index contributed by atoms with van der Waals surface area (Å²) in [5.41, 5.74) is -11.4. The van der Waals surface area contributed by atoms with Crippen LogP contribution in [-0.2, 0) is 26.7 Å². The number of hydrogen-bond acceptors (Lipinski definition) is 4. The molecule has 0 heterocycles. The van der Waals surface area contributed by atoms with E-state index in [9.17, 15) is 17.6 Å². The van der Waals surface area contributed by atoms with Gasteiger partial charge in [-0.3, -0.25) is 0 Å². The highest BCUT2D eigenvalue weighted by molar-refractivity contribution is 5.64. The molecule has 0 aliphatic heterocycles. The molecule has 0 radical (unpaired) electrons. The van der Waals surface area contributed by atoms with Crippen molar-refractivity contribution in [2.75, 3.05) is 0 Å². The fourth-order valence-electron chi connectivity index (χ4n) is 9.96. The van der Waals surface area contributed by atoms with E-state index in [-0.39, 0.29) is 67.6 Å². The number of halogens is 18. The highest BCUT2D eigenvalue weighted by Crippen LogP contribution is 2.71. The van der Waals surface area contributed by atoms with Crippen LogP contribution < -0.4 is 9.47 Å². The first-order chi connectivity index (χ1) is 34.4. The number of ether oxygens (including phenoxy) is 4. The Morgan fingerprint density at radius 1 is 0.467 bits per heavy atom. The minimum absolute atomic E-state index is 0.0181. The fourth-order valence-corrected chi connectivity index (χ4v) is 9.96. The van der Waals surface area contributed by atoms with E-state index in [0.717, 1.165) is 51.3 Å². The molecule has 4 aromatic carbocycles. The molecule has 6 rings (SSSR count). The first kappa shape index (κ1) is 59.4.